The SMILES string of the molecule is Cc1cccc(C(=O)N2CCN(C(=O)c3ccc4c(c3)C(=O)N(C(C)C)C4=O)CC2)c1. The lowest BCUT2D eigenvalue weighted by molar-refractivity contribution is 0.0535. The van der Waals surface area contributed by atoms with Crippen LogP contribution in [-0.4, -0.2) is 70.5 Å². The Bertz CT molecular complexity index is 1080. The van der Waals surface area contributed by atoms with E-state index in [1.165, 1.54) is 11.0 Å². The summed E-state index contributed by atoms with van der Waals surface area (Å²) in [7, 11) is 0. The fourth-order valence-corrected chi connectivity index (χ4v) is 4.12. The van der Waals surface area contributed by atoms with E-state index in [0.717, 1.165) is 5.56 Å². The lowest BCUT2D eigenvalue weighted by atomic mass is 10.0. The molecule has 4 amide bonds. The number of hydrogen-bond donors (Lipinski definition) is 0. The van der Waals surface area contributed by atoms with Gasteiger partial charge < -0.3 is 9.80 Å². The summed E-state index contributed by atoms with van der Waals surface area (Å²) < 4.78 is 0. The lowest BCUT2D eigenvalue weighted by Crippen LogP contribution is -2.50. The Morgan fingerprint density at radius 2 is 1.32 bits per heavy atom. The summed E-state index contributed by atoms with van der Waals surface area (Å²) in [6.07, 6.45) is 0. The van der Waals surface area contributed by atoms with Crippen LogP contribution in [0.1, 0.15) is 60.8 Å². The van der Waals surface area contributed by atoms with Gasteiger partial charge in [-0.2, -0.15) is 0 Å². The number of fused-ring (bicyclic) bond motifs is 1. The van der Waals surface area contributed by atoms with Gasteiger partial charge in [-0.05, 0) is 51.1 Å². The molecule has 1 saturated heterocycles. The van der Waals surface area contributed by atoms with E-state index in [1.807, 2.05) is 25.1 Å². The molecule has 0 aliphatic carbocycles. The Morgan fingerprint density at radius 1 is 0.774 bits per heavy atom. The molecule has 0 bridgehead atoms. The predicted octanol–water partition coefficient (Wildman–Crippen LogP) is 2.60. The maximum absolute atomic E-state index is 13.0. The average Bonchev–Trinajstić information content (AvgIpc) is 3.02. The Morgan fingerprint density at radius 3 is 1.87 bits per heavy atom. The molecule has 7 nitrogen and oxygen atoms in total. The van der Waals surface area contributed by atoms with Crippen LogP contribution in [0, 0.1) is 6.92 Å². The zero-order chi connectivity index (χ0) is 22.3. The van der Waals surface area contributed by atoms with Crippen LogP contribution in [0.4, 0.5) is 0 Å². The van der Waals surface area contributed by atoms with Crippen LogP contribution >= 0.6 is 0 Å². The number of aryl methyl sites for hydroxylation is 1. The van der Waals surface area contributed by atoms with Gasteiger partial charge in [-0.25, -0.2) is 0 Å². The summed E-state index contributed by atoms with van der Waals surface area (Å²) in [6.45, 7) is 7.24. The quantitative estimate of drug-likeness (QED) is 0.717. The van der Waals surface area contributed by atoms with Crippen LogP contribution in [0.3, 0.4) is 0 Å². The average molecular weight is 419 g/mol. The Balaban J connectivity index is 1.45. The standard InChI is InChI=1S/C24H25N3O4/c1-15(2)27-23(30)19-8-7-18(14-20(19)24(27)31)22(29)26-11-9-25(10-12-26)21(28)17-6-4-5-16(3)13-17/h4-8,13-15H,9-12H2,1-3H3. The van der Waals surface area contributed by atoms with Crippen molar-refractivity contribution in [3.8, 4) is 0 Å². The molecule has 0 radical (unpaired) electrons. The zero-order valence-electron chi connectivity index (χ0n) is 17.9. The summed E-state index contributed by atoms with van der Waals surface area (Å²) in [5.41, 5.74) is 2.67. The van der Waals surface area contributed by atoms with E-state index < -0.39 is 0 Å². The maximum atomic E-state index is 13.0. The minimum Gasteiger partial charge on any atom is -0.335 e. The number of carbonyl (C=O) groups is 4. The molecule has 31 heavy (non-hydrogen) atoms. The Hall–Kier alpha value is -3.48. The van der Waals surface area contributed by atoms with E-state index in [4.69, 9.17) is 0 Å². The third kappa shape index (κ3) is 3.71. The van der Waals surface area contributed by atoms with Crippen LogP contribution in [0.25, 0.3) is 0 Å². The van der Waals surface area contributed by atoms with Gasteiger partial charge in [-0.3, -0.25) is 24.1 Å². The molecule has 0 spiro atoms. The summed E-state index contributed by atoms with van der Waals surface area (Å²) >= 11 is 0. The molecule has 1 fully saturated rings. The molecule has 0 saturated carbocycles. The molecular formula is C24H25N3O4. The number of carbonyl (C=O) groups excluding carboxylic acids is 4. The van der Waals surface area contributed by atoms with Crippen molar-refractivity contribution in [1.82, 2.24) is 14.7 Å². The van der Waals surface area contributed by atoms with E-state index >= 15 is 0 Å². The predicted molar refractivity (Wildman–Crippen MR) is 115 cm³/mol. The van der Waals surface area contributed by atoms with Gasteiger partial charge >= 0.3 is 0 Å². The molecule has 2 aliphatic rings. The largest absolute Gasteiger partial charge is 0.335 e. The number of amides is 4. The van der Waals surface area contributed by atoms with E-state index in [9.17, 15) is 19.2 Å². The summed E-state index contributed by atoms with van der Waals surface area (Å²) in [5, 5.41) is 0. The molecule has 2 aliphatic heterocycles. The molecule has 160 valence electrons. The molecule has 7 heteroatoms. The van der Waals surface area contributed by atoms with Gasteiger partial charge in [0, 0.05) is 43.3 Å². The summed E-state index contributed by atoms with van der Waals surface area (Å²) in [4.78, 5) is 55.4. The van der Waals surface area contributed by atoms with Crippen molar-refractivity contribution in [3.05, 3.63) is 70.3 Å². The first kappa shape index (κ1) is 20.8. The van der Waals surface area contributed by atoms with Crippen molar-refractivity contribution in [2.24, 2.45) is 0 Å². The first-order valence-electron chi connectivity index (χ1n) is 10.4. The molecule has 0 unspecified atom stereocenters. The fraction of sp³-hybridized carbons (Fsp3) is 0.333. The van der Waals surface area contributed by atoms with E-state index in [2.05, 4.69) is 0 Å². The molecule has 4 rings (SSSR count). The molecular weight excluding hydrogens is 394 g/mol. The van der Waals surface area contributed by atoms with Crippen LogP contribution in [0.2, 0.25) is 0 Å². The second-order valence-electron chi connectivity index (χ2n) is 8.29. The van der Waals surface area contributed by atoms with E-state index in [1.54, 1.807) is 41.8 Å². The highest BCUT2D eigenvalue weighted by Gasteiger charge is 2.38. The second kappa shape index (κ2) is 7.98. The third-order valence-corrected chi connectivity index (χ3v) is 5.80. The van der Waals surface area contributed by atoms with Crippen molar-refractivity contribution >= 4 is 23.6 Å². The van der Waals surface area contributed by atoms with Gasteiger partial charge in [0.25, 0.3) is 23.6 Å². The highest BCUT2D eigenvalue weighted by atomic mass is 16.2. The first-order chi connectivity index (χ1) is 14.8. The normalized spacial score (nSPS) is 16.2. The Labute approximate surface area is 181 Å². The van der Waals surface area contributed by atoms with Crippen LogP contribution < -0.4 is 0 Å². The van der Waals surface area contributed by atoms with Crippen LogP contribution in [0.5, 0.6) is 0 Å². The number of imide groups is 1. The fourth-order valence-electron chi connectivity index (χ4n) is 4.12. The van der Waals surface area contributed by atoms with Gasteiger partial charge in [0.2, 0.25) is 0 Å². The highest BCUT2D eigenvalue weighted by molar-refractivity contribution is 6.22. The van der Waals surface area contributed by atoms with Gasteiger partial charge in [0.05, 0.1) is 11.1 Å². The van der Waals surface area contributed by atoms with Crippen molar-refractivity contribution < 1.29 is 19.2 Å². The van der Waals surface area contributed by atoms with Crippen LogP contribution in [0.15, 0.2) is 42.5 Å². The van der Waals surface area contributed by atoms with E-state index in [-0.39, 0.29) is 35.2 Å². The number of nitrogens with zero attached hydrogens (tertiary/aromatic N) is 3. The third-order valence-electron chi connectivity index (χ3n) is 5.80. The van der Waals surface area contributed by atoms with Gasteiger partial charge in [0.15, 0.2) is 0 Å². The molecule has 0 N–H and O–H groups in total. The van der Waals surface area contributed by atoms with Crippen molar-refractivity contribution in [2.45, 2.75) is 26.8 Å². The van der Waals surface area contributed by atoms with Crippen LogP contribution in [-0.2, 0) is 0 Å². The number of rotatable bonds is 3. The van der Waals surface area contributed by atoms with Crippen molar-refractivity contribution in [2.75, 3.05) is 26.2 Å². The minimum absolute atomic E-state index is 0.0359. The topological polar surface area (TPSA) is 78.0 Å². The number of benzene rings is 2. The molecule has 0 aromatic heterocycles. The monoisotopic (exact) mass is 419 g/mol. The Kier molecular flexibility index (Phi) is 5.35. The minimum atomic E-state index is -0.363. The van der Waals surface area contributed by atoms with Crippen molar-refractivity contribution in [3.63, 3.8) is 0 Å². The lowest BCUT2D eigenvalue weighted by Gasteiger charge is -2.35. The number of hydrogen-bond acceptors (Lipinski definition) is 4. The highest BCUT2D eigenvalue weighted by Crippen LogP contribution is 2.26. The smallest absolute Gasteiger partial charge is 0.261 e. The summed E-state index contributed by atoms with van der Waals surface area (Å²) in [6, 6.07) is 11.9. The van der Waals surface area contributed by atoms with Gasteiger partial charge in [0.1, 0.15) is 0 Å². The zero-order valence-corrected chi connectivity index (χ0v) is 17.9. The first-order valence-corrected chi connectivity index (χ1v) is 10.4. The molecule has 2 aromatic rings. The second-order valence-corrected chi connectivity index (χ2v) is 8.29. The van der Waals surface area contributed by atoms with Gasteiger partial charge in [-0.1, -0.05) is 17.7 Å². The molecule has 0 atom stereocenters. The van der Waals surface area contributed by atoms with E-state index in [0.29, 0.717) is 42.9 Å². The number of piperazine rings is 1. The van der Waals surface area contributed by atoms with Gasteiger partial charge in [-0.15, -0.1) is 0 Å². The molecule has 2 heterocycles. The molecule has 2 aromatic carbocycles. The summed E-state index contributed by atoms with van der Waals surface area (Å²) in [5.74, 6) is -0.921. The van der Waals surface area contributed by atoms with Crippen molar-refractivity contribution in [1.29, 1.82) is 0 Å². The maximum Gasteiger partial charge on any atom is 0.261 e.